The van der Waals surface area contributed by atoms with Crippen LogP contribution < -0.4 is 5.73 Å². The molecule has 0 bridgehead atoms. The Balaban J connectivity index is 1.68. The van der Waals surface area contributed by atoms with E-state index in [0.717, 1.165) is 32.1 Å². The lowest BCUT2D eigenvalue weighted by molar-refractivity contribution is 0.187. The Bertz CT molecular complexity index is 177. The summed E-state index contributed by atoms with van der Waals surface area (Å²) in [5.41, 5.74) is 6.17. The maximum Gasteiger partial charge on any atom is 0.100 e. The average molecular weight is 185 g/mol. The molecule has 2 fully saturated rings. The first kappa shape index (κ1) is 9.45. The van der Waals surface area contributed by atoms with E-state index in [2.05, 4.69) is 0 Å². The largest absolute Gasteiger partial charge is 0.325 e. The molecule has 0 radical (unpaired) electrons. The number of halogens is 1. The van der Waals surface area contributed by atoms with Gasteiger partial charge in [-0.1, -0.05) is 12.8 Å². The van der Waals surface area contributed by atoms with Crippen LogP contribution >= 0.6 is 0 Å². The molecule has 2 atom stereocenters. The summed E-state index contributed by atoms with van der Waals surface area (Å²) in [6.07, 6.45) is 8.07. The van der Waals surface area contributed by atoms with Gasteiger partial charge in [0.15, 0.2) is 0 Å². The van der Waals surface area contributed by atoms with Gasteiger partial charge in [0.2, 0.25) is 0 Å². The van der Waals surface area contributed by atoms with Gasteiger partial charge in [0.25, 0.3) is 0 Å². The molecular formula is C11H20FN. The fraction of sp³-hybridized carbons (Fsp3) is 1.00. The summed E-state index contributed by atoms with van der Waals surface area (Å²) < 4.78 is 13.0. The third kappa shape index (κ3) is 2.67. The van der Waals surface area contributed by atoms with Crippen molar-refractivity contribution >= 4 is 0 Å². The fourth-order valence-corrected chi connectivity index (χ4v) is 2.39. The molecule has 76 valence electrons. The third-order valence-electron chi connectivity index (χ3n) is 3.66. The monoisotopic (exact) mass is 185 g/mol. The van der Waals surface area contributed by atoms with E-state index in [-0.39, 0.29) is 5.54 Å². The number of hydrogen-bond acceptors (Lipinski definition) is 1. The second-order valence-corrected chi connectivity index (χ2v) is 5.03. The van der Waals surface area contributed by atoms with Crippen molar-refractivity contribution in [2.24, 2.45) is 11.7 Å². The maximum absolute atomic E-state index is 13.0. The molecule has 0 heterocycles. The lowest BCUT2D eigenvalue weighted by Crippen LogP contribution is -2.24. The minimum Gasteiger partial charge on any atom is -0.325 e. The van der Waals surface area contributed by atoms with Gasteiger partial charge in [-0.25, -0.2) is 4.39 Å². The highest BCUT2D eigenvalue weighted by atomic mass is 19.1. The Morgan fingerprint density at radius 1 is 1.31 bits per heavy atom. The van der Waals surface area contributed by atoms with Gasteiger partial charge in [0, 0.05) is 5.54 Å². The van der Waals surface area contributed by atoms with Gasteiger partial charge in [-0.3, -0.25) is 0 Å². The number of alkyl halides is 1. The van der Waals surface area contributed by atoms with Crippen LogP contribution in [0.25, 0.3) is 0 Å². The van der Waals surface area contributed by atoms with Crippen LogP contribution in [-0.4, -0.2) is 11.7 Å². The highest BCUT2D eigenvalue weighted by Gasteiger charge is 2.38. The lowest BCUT2D eigenvalue weighted by Gasteiger charge is -2.25. The molecular weight excluding hydrogens is 165 g/mol. The molecule has 13 heavy (non-hydrogen) atoms. The van der Waals surface area contributed by atoms with Crippen LogP contribution in [0.4, 0.5) is 4.39 Å². The highest BCUT2D eigenvalue weighted by molar-refractivity contribution is 4.98. The molecule has 1 nitrogen and oxygen atoms in total. The van der Waals surface area contributed by atoms with Crippen LogP contribution in [-0.2, 0) is 0 Å². The van der Waals surface area contributed by atoms with Crippen molar-refractivity contribution < 1.29 is 4.39 Å². The zero-order valence-electron chi connectivity index (χ0n) is 8.27. The van der Waals surface area contributed by atoms with Gasteiger partial charge in [-0.15, -0.1) is 0 Å². The predicted octanol–water partition coefficient (Wildman–Crippen LogP) is 2.79. The Labute approximate surface area is 79.9 Å². The first-order chi connectivity index (χ1) is 6.18. The van der Waals surface area contributed by atoms with E-state index < -0.39 is 6.17 Å². The molecule has 2 heteroatoms. The second-order valence-electron chi connectivity index (χ2n) is 5.03. The summed E-state index contributed by atoms with van der Waals surface area (Å²) in [5.74, 6) is 0.629. The van der Waals surface area contributed by atoms with Crippen LogP contribution in [0, 0.1) is 5.92 Å². The summed E-state index contributed by atoms with van der Waals surface area (Å²) in [7, 11) is 0. The normalized spacial score (nSPS) is 37.4. The van der Waals surface area contributed by atoms with E-state index in [1.165, 1.54) is 19.3 Å². The van der Waals surface area contributed by atoms with E-state index in [4.69, 9.17) is 5.73 Å². The van der Waals surface area contributed by atoms with Crippen LogP contribution in [0.5, 0.6) is 0 Å². The Morgan fingerprint density at radius 3 is 2.69 bits per heavy atom. The minimum atomic E-state index is -0.522. The van der Waals surface area contributed by atoms with E-state index in [0.29, 0.717) is 5.92 Å². The van der Waals surface area contributed by atoms with Gasteiger partial charge in [0.05, 0.1) is 0 Å². The second kappa shape index (κ2) is 3.56. The lowest BCUT2D eigenvalue weighted by atomic mass is 9.84. The van der Waals surface area contributed by atoms with Gasteiger partial charge in [-0.05, 0) is 44.4 Å². The topological polar surface area (TPSA) is 26.0 Å². The first-order valence-corrected chi connectivity index (χ1v) is 5.61. The van der Waals surface area contributed by atoms with Crippen molar-refractivity contribution in [2.75, 3.05) is 0 Å². The molecule has 0 aliphatic heterocycles. The minimum absolute atomic E-state index is 0.170. The molecule has 0 aromatic carbocycles. The van der Waals surface area contributed by atoms with Crippen LogP contribution in [0.1, 0.15) is 51.4 Å². The van der Waals surface area contributed by atoms with Gasteiger partial charge < -0.3 is 5.73 Å². The summed E-state index contributed by atoms with van der Waals surface area (Å²) >= 11 is 0. The zero-order chi connectivity index (χ0) is 9.31. The Hall–Kier alpha value is -0.110. The van der Waals surface area contributed by atoms with E-state index in [9.17, 15) is 4.39 Å². The quantitative estimate of drug-likeness (QED) is 0.719. The summed E-state index contributed by atoms with van der Waals surface area (Å²) in [4.78, 5) is 0. The van der Waals surface area contributed by atoms with Gasteiger partial charge >= 0.3 is 0 Å². The number of nitrogens with two attached hydrogens (primary N) is 1. The number of rotatable bonds is 3. The smallest absolute Gasteiger partial charge is 0.100 e. The Kier molecular flexibility index (Phi) is 2.59. The van der Waals surface area contributed by atoms with Crippen LogP contribution in [0.15, 0.2) is 0 Å². The van der Waals surface area contributed by atoms with Crippen molar-refractivity contribution in [1.82, 2.24) is 0 Å². The SMILES string of the molecule is NC1(CCC2CCCC(F)C2)CC1. The summed E-state index contributed by atoms with van der Waals surface area (Å²) in [6, 6.07) is 0. The van der Waals surface area contributed by atoms with Crippen LogP contribution in [0.3, 0.4) is 0 Å². The molecule has 0 saturated heterocycles. The van der Waals surface area contributed by atoms with E-state index in [1.807, 2.05) is 0 Å². The molecule has 2 saturated carbocycles. The van der Waals surface area contributed by atoms with Crippen molar-refractivity contribution in [3.05, 3.63) is 0 Å². The molecule has 2 aliphatic rings. The number of hydrogen-bond donors (Lipinski definition) is 1. The van der Waals surface area contributed by atoms with E-state index in [1.54, 1.807) is 0 Å². The van der Waals surface area contributed by atoms with Crippen LogP contribution in [0.2, 0.25) is 0 Å². The maximum atomic E-state index is 13.0. The van der Waals surface area contributed by atoms with Gasteiger partial charge in [0.1, 0.15) is 6.17 Å². The highest BCUT2D eigenvalue weighted by Crippen LogP contribution is 2.39. The zero-order valence-corrected chi connectivity index (χ0v) is 8.27. The van der Waals surface area contributed by atoms with E-state index >= 15 is 0 Å². The molecule has 0 spiro atoms. The average Bonchev–Trinajstić information content (AvgIpc) is 2.82. The standard InChI is InChI=1S/C11H20FN/c12-10-3-1-2-9(8-10)4-5-11(13)6-7-11/h9-10H,1-8,13H2. The molecule has 2 aliphatic carbocycles. The fourth-order valence-electron chi connectivity index (χ4n) is 2.39. The third-order valence-corrected chi connectivity index (χ3v) is 3.66. The van der Waals surface area contributed by atoms with Crippen molar-refractivity contribution in [3.8, 4) is 0 Å². The molecule has 2 unspecified atom stereocenters. The molecule has 2 N–H and O–H groups in total. The van der Waals surface area contributed by atoms with Crippen molar-refractivity contribution in [2.45, 2.75) is 63.1 Å². The molecule has 0 aromatic heterocycles. The summed E-state index contributed by atoms with van der Waals surface area (Å²) in [6.45, 7) is 0. The van der Waals surface area contributed by atoms with Crippen molar-refractivity contribution in [3.63, 3.8) is 0 Å². The predicted molar refractivity (Wildman–Crippen MR) is 52.2 cm³/mol. The van der Waals surface area contributed by atoms with Gasteiger partial charge in [-0.2, -0.15) is 0 Å². The first-order valence-electron chi connectivity index (χ1n) is 5.61. The summed E-state index contributed by atoms with van der Waals surface area (Å²) in [5, 5.41) is 0. The molecule has 0 aromatic rings. The Morgan fingerprint density at radius 2 is 2.08 bits per heavy atom. The molecule has 2 rings (SSSR count). The van der Waals surface area contributed by atoms with Crippen molar-refractivity contribution in [1.29, 1.82) is 0 Å². The molecule has 0 amide bonds.